The van der Waals surface area contributed by atoms with Crippen LogP contribution in [0.25, 0.3) is 0 Å². The molecule has 0 fully saturated rings. The molecule has 2 aromatic carbocycles. The number of amides is 3. The minimum Gasteiger partial charge on any atom is -0.508 e. The Morgan fingerprint density at radius 2 is 1.51 bits per heavy atom. The van der Waals surface area contributed by atoms with Gasteiger partial charge in [0.15, 0.2) is 0 Å². The number of carbonyl (C=O) groups excluding carboxylic acids is 4. The molecule has 0 aliphatic heterocycles. The number of methoxy groups -OCH3 is 1. The molecule has 37 heavy (non-hydrogen) atoms. The molecule has 9 nitrogen and oxygen atoms in total. The van der Waals surface area contributed by atoms with Crippen LogP contribution in [0.5, 0.6) is 5.75 Å². The van der Waals surface area contributed by atoms with Crippen molar-refractivity contribution >= 4 is 35.5 Å². The van der Waals surface area contributed by atoms with Crippen LogP contribution in [-0.4, -0.2) is 66.0 Å². The largest absolute Gasteiger partial charge is 0.508 e. The van der Waals surface area contributed by atoms with Crippen molar-refractivity contribution < 1.29 is 29.0 Å². The Hall–Kier alpha value is -3.53. The maximum atomic E-state index is 13.3. The van der Waals surface area contributed by atoms with Crippen molar-refractivity contribution in [2.24, 2.45) is 5.92 Å². The Morgan fingerprint density at radius 3 is 2.08 bits per heavy atom. The Balaban J connectivity index is 2.23. The molecule has 10 heteroatoms. The van der Waals surface area contributed by atoms with Gasteiger partial charge in [-0.3, -0.25) is 14.4 Å². The van der Waals surface area contributed by atoms with Gasteiger partial charge in [0.2, 0.25) is 11.8 Å². The van der Waals surface area contributed by atoms with Crippen molar-refractivity contribution in [2.75, 3.05) is 19.1 Å². The fourth-order valence-corrected chi connectivity index (χ4v) is 4.06. The molecule has 2 rings (SSSR count). The van der Waals surface area contributed by atoms with Crippen LogP contribution in [0.3, 0.4) is 0 Å². The first-order chi connectivity index (χ1) is 17.7. The van der Waals surface area contributed by atoms with Crippen molar-refractivity contribution in [1.82, 2.24) is 16.0 Å². The molecule has 0 aliphatic rings. The van der Waals surface area contributed by atoms with E-state index in [0.29, 0.717) is 12.2 Å². The van der Waals surface area contributed by atoms with Crippen LogP contribution in [-0.2, 0) is 25.5 Å². The highest BCUT2D eigenvalue weighted by Crippen LogP contribution is 2.12. The van der Waals surface area contributed by atoms with E-state index in [1.54, 1.807) is 13.8 Å². The van der Waals surface area contributed by atoms with E-state index in [4.69, 9.17) is 4.74 Å². The van der Waals surface area contributed by atoms with E-state index in [0.717, 1.165) is 5.56 Å². The van der Waals surface area contributed by atoms with E-state index in [9.17, 15) is 24.3 Å². The number of phenols is 1. The molecule has 0 aromatic heterocycles. The maximum Gasteiger partial charge on any atom is 0.328 e. The third-order valence-corrected chi connectivity index (χ3v) is 6.34. The zero-order chi connectivity index (χ0) is 27.4. The third kappa shape index (κ3) is 9.45. The average molecular weight is 530 g/mol. The highest BCUT2D eigenvalue weighted by atomic mass is 32.2. The van der Waals surface area contributed by atoms with Crippen molar-refractivity contribution in [3.8, 4) is 5.75 Å². The molecule has 0 heterocycles. The predicted molar refractivity (Wildman–Crippen MR) is 143 cm³/mol. The van der Waals surface area contributed by atoms with Crippen LogP contribution in [0.4, 0.5) is 0 Å². The first-order valence-electron chi connectivity index (χ1n) is 12.0. The fourth-order valence-electron chi connectivity index (χ4n) is 3.59. The summed E-state index contributed by atoms with van der Waals surface area (Å²) in [6, 6.07) is 12.1. The number of hydrogen-bond acceptors (Lipinski definition) is 7. The van der Waals surface area contributed by atoms with Crippen LogP contribution < -0.4 is 16.0 Å². The Morgan fingerprint density at radius 1 is 0.892 bits per heavy atom. The van der Waals surface area contributed by atoms with Gasteiger partial charge in [-0.25, -0.2) is 4.79 Å². The average Bonchev–Trinajstić information content (AvgIpc) is 2.89. The lowest BCUT2D eigenvalue weighted by molar-refractivity contribution is -0.145. The monoisotopic (exact) mass is 529 g/mol. The quantitative estimate of drug-likeness (QED) is 0.293. The van der Waals surface area contributed by atoms with Gasteiger partial charge in [-0.1, -0.05) is 44.2 Å². The van der Waals surface area contributed by atoms with Crippen LogP contribution >= 0.6 is 11.8 Å². The first-order valence-corrected chi connectivity index (χ1v) is 13.4. The number of hydrogen-bond donors (Lipinski definition) is 4. The zero-order valence-corrected chi connectivity index (χ0v) is 22.3. The van der Waals surface area contributed by atoms with Crippen LogP contribution in [0.1, 0.15) is 36.2 Å². The van der Waals surface area contributed by atoms with E-state index in [1.807, 2.05) is 36.6 Å². The van der Waals surface area contributed by atoms with Crippen molar-refractivity contribution in [1.29, 1.82) is 0 Å². The molecular formula is C27H35N3O6S. The number of thioether (sulfide) groups is 1. The lowest BCUT2D eigenvalue weighted by Crippen LogP contribution is -2.57. The Kier molecular flexibility index (Phi) is 12.0. The van der Waals surface area contributed by atoms with Crippen molar-refractivity contribution in [3.63, 3.8) is 0 Å². The summed E-state index contributed by atoms with van der Waals surface area (Å²) in [4.78, 5) is 51.6. The molecule has 0 unspecified atom stereocenters. The molecule has 0 radical (unpaired) electrons. The van der Waals surface area contributed by atoms with E-state index < -0.39 is 41.8 Å². The number of aromatic hydroxyl groups is 1. The number of ether oxygens (including phenoxy) is 1. The van der Waals surface area contributed by atoms with Crippen molar-refractivity contribution in [3.05, 3.63) is 65.7 Å². The summed E-state index contributed by atoms with van der Waals surface area (Å²) in [6.07, 6.45) is 2.46. The smallest absolute Gasteiger partial charge is 0.328 e. The van der Waals surface area contributed by atoms with Crippen LogP contribution in [0, 0.1) is 5.92 Å². The number of rotatable bonds is 13. The molecule has 3 atom stereocenters. The van der Waals surface area contributed by atoms with Gasteiger partial charge in [-0.05, 0) is 54.2 Å². The number of nitrogens with one attached hydrogen (secondary N) is 3. The fraction of sp³-hybridized carbons (Fsp3) is 0.407. The number of esters is 1. The van der Waals surface area contributed by atoms with E-state index in [1.165, 1.54) is 43.1 Å². The van der Waals surface area contributed by atoms with Gasteiger partial charge in [-0.2, -0.15) is 11.8 Å². The minimum atomic E-state index is -0.997. The summed E-state index contributed by atoms with van der Waals surface area (Å²) in [7, 11) is 1.26. The summed E-state index contributed by atoms with van der Waals surface area (Å²) in [6.45, 7) is 3.56. The summed E-state index contributed by atoms with van der Waals surface area (Å²) < 4.78 is 4.84. The Bertz CT molecular complexity index is 1050. The lowest BCUT2D eigenvalue weighted by atomic mass is 10.00. The molecule has 4 N–H and O–H groups in total. The van der Waals surface area contributed by atoms with E-state index >= 15 is 0 Å². The topological polar surface area (TPSA) is 134 Å². The number of carbonyl (C=O) groups is 4. The highest BCUT2D eigenvalue weighted by molar-refractivity contribution is 7.98. The van der Waals surface area contributed by atoms with Gasteiger partial charge in [0.1, 0.15) is 23.9 Å². The van der Waals surface area contributed by atoms with E-state index in [-0.39, 0.29) is 23.7 Å². The van der Waals surface area contributed by atoms with Gasteiger partial charge in [-0.15, -0.1) is 0 Å². The standard InChI is InChI=1S/C27H35N3O6S/c1-17(2)23(30-24(32)19-10-12-20(31)13-11-19)26(34)29-22(16-18-8-6-5-7-9-18)25(33)28-21(14-15-37-4)27(35)36-3/h5-13,17,21-23,31H,14-16H2,1-4H3,(H,28,33)(H,29,34)(H,30,32)/t21-,22-,23-/m0/s1. The number of phenolic OH excluding ortho intramolecular Hbond substituents is 1. The molecule has 0 bridgehead atoms. The SMILES string of the molecule is COC(=O)[C@H](CCSC)NC(=O)[C@H](Cc1ccccc1)NC(=O)[C@@H](NC(=O)c1ccc(O)cc1)C(C)C. The molecule has 3 amide bonds. The number of benzene rings is 2. The van der Waals surface area contributed by atoms with Gasteiger partial charge >= 0.3 is 5.97 Å². The van der Waals surface area contributed by atoms with Gasteiger partial charge in [0.05, 0.1) is 7.11 Å². The van der Waals surface area contributed by atoms with Gasteiger partial charge in [0.25, 0.3) is 5.91 Å². The maximum absolute atomic E-state index is 13.3. The summed E-state index contributed by atoms with van der Waals surface area (Å²) in [5, 5.41) is 17.7. The third-order valence-electron chi connectivity index (χ3n) is 5.69. The molecule has 0 aliphatic carbocycles. The van der Waals surface area contributed by atoms with Gasteiger partial charge < -0.3 is 25.8 Å². The highest BCUT2D eigenvalue weighted by Gasteiger charge is 2.31. The van der Waals surface area contributed by atoms with Crippen molar-refractivity contribution in [2.45, 2.75) is 44.8 Å². The minimum absolute atomic E-state index is 0.0206. The predicted octanol–water partition coefficient (Wildman–Crippen LogP) is 2.29. The first kappa shape index (κ1) is 29.7. The van der Waals surface area contributed by atoms with Crippen LogP contribution in [0.2, 0.25) is 0 Å². The molecular weight excluding hydrogens is 494 g/mol. The Labute approximate surface area is 221 Å². The molecule has 0 spiro atoms. The second-order valence-electron chi connectivity index (χ2n) is 8.86. The second-order valence-corrected chi connectivity index (χ2v) is 9.84. The summed E-state index contributed by atoms with van der Waals surface area (Å²) in [5.74, 6) is -1.74. The molecule has 0 saturated carbocycles. The molecule has 0 saturated heterocycles. The van der Waals surface area contributed by atoms with E-state index in [2.05, 4.69) is 16.0 Å². The summed E-state index contributed by atoms with van der Waals surface area (Å²) in [5.41, 5.74) is 1.10. The second kappa shape index (κ2) is 14.9. The summed E-state index contributed by atoms with van der Waals surface area (Å²) >= 11 is 1.54. The zero-order valence-electron chi connectivity index (χ0n) is 21.5. The normalized spacial score (nSPS) is 13.2. The lowest BCUT2D eigenvalue weighted by Gasteiger charge is -2.26. The van der Waals surface area contributed by atoms with Gasteiger partial charge in [0, 0.05) is 12.0 Å². The molecule has 200 valence electrons. The molecule has 2 aromatic rings. The van der Waals surface area contributed by atoms with Crippen LogP contribution in [0.15, 0.2) is 54.6 Å².